The number of thiol groups is 1. The van der Waals surface area contributed by atoms with Gasteiger partial charge in [0, 0.05) is 11.7 Å². The SMILES string of the molecule is CCC1OC(OC2C(O)[C@H](CC3C(C)C(C)CC(C)C3O)O[C@@H]2CS)C(C)C(O)C1O. The molecule has 0 aromatic heterocycles. The first-order valence-corrected chi connectivity index (χ1v) is 12.5. The Morgan fingerprint density at radius 1 is 0.806 bits per heavy atom. The van der Waals surface area contributed by atoms with E-state index in [0.717, 1.165) is 6.42 Å². The molecule has 7 nitrogen and oxygen atoms in total. The second kappa shape index (κ2) is 10.6. The molecule has 3 rings (SSSR count). The van der Waals surface area contributed by atoms with E-state index in [1.54, 1.807) is 6.92 Å². The lowest BCUT2D eigenvalue weighted by Gasteiger charge is -2.43. The highest BCUT2D eigenvalue weighted by Crippen LogP contribution is 2.43. The van der Waals surface area contributed by atoms with Gasteiger partial charge < -0.3 is 34.6 Å². The average Bonchev–Trinajstić information content (AvgIpc) is 3.04. The molecule has 3 fully saturated rings. The third-order valence-corrected chi connectivity index (χ3v) is 8.52. The van der Waals surface area contributed by atoms with Gasteiger partial charge in [0.25, 0.3) is 0 Å². The third-order valence-electron chi connectivity index (χ3n) is 8.16. The lowest BCUT2D eigenvalue weighted by Crippen LogP contribution is -2.56. The molecule has 0 radical (unpaired) electrons. The smallest absolute Gasteiger partial charge is 0.163 e. The molecule has 2 aliphatic heterocycles. The minimum atomic E-state index is -0.963. The summed E-state index contributed by atoms with van der Waals surface area (Å²) in [4.78, 5) is 0. The van der Waals surface area contributed by atoms with Crippen molar-refractivity contribution < 1.29 is 34.6 Å². The van der Waals surface area contributed by atoms with E-state index in [1.165, 1.54) is 0 Å². The second-order valence-electron chi connectivity index (χ2n) is 10.2. The van der Waals surface area contributed by atoms with Crippen LogP contribution in [0, 0.1) is 29.6 Å². The average molecular weight is 463 g/mol. The summed E-state index contributed by atoms with van der Waals surface area (Å²) in [7, 11) is 0. The fraction of sp³-hybridized carbons (Fsp3) is 1.00. The van der Waals surface area contributed by atoms with Gasteiger partial charge in [-0.05, 0) is 42.9 Å². The summed E-state index contributed by atoms with van der Waals surface area (Å²) in [5.74, 6) is 1.02. The Bertz CT molecular complexity index is 564. The van der Waals surface area contributed by atoms with E-state index in [1.807, 2.05) is 6.92 Å². The number of hydrogen-bond donors (Lipinski definition) is 5. The molecule has 4 N–H and O–H groups in total. The summed E-state index contributed by atoms with van der Waals surface area (Å²) in [6.45, 7) is 10.1. The third kappa shape index (κ3) is 5.11. The summed E-state index contributed by atoms with van der Waals surface area (Å²) < 4.78 is 18.2. The van der Waals surface area contributed by atoms with Crippen LogP contribution in [0.2, 0.25) is 0 Å². The van der Waals surface area contributed by atoms with E-state index in [-0.39, 0.29) is 11.8 Å². The summed E-state index contributed by atoms with van der Waals surface area (Å²) >= 11 is 4.40. The molecule has 14 atom stereocenters. The second-order valence-corrected chi connectivity index (χ2v) is 10.6. The van der Waals surface area contributed by atoms with Crippen molar-refractivity contribution in [3.05, 3.63) is 0 Å². The van der Waals surface area contributed by atoms with E-state index in [9.17, 15) is 20.4 Å². The van der Waals surface area contributed by atoms with Crippen LogP contribution in [0.1, 0.15) is 53.9 Å². The molecule has 1 saturated carbocycles. The maximum atomic E-state index is 11.1. The predicted molar refractivity (Wildman–Crippen MR) is 120 cm³/mol. The zero-order valence-corrected chi connectivity index (χ0v) is 20.3. The van der Waals surface area contributed by atoms with Crippen LogP contribution in [0.4, 0.5) is 0 Å². The Labute approximate surface area is 191 Å². The monoisotopic (exact) mass is 462 g/mol. The molecule has 8 heteroatoms. The first-order chi connectivity index (χ1) is 14.6. The predicted octanol–water partition coefficient (Wildman–Crippen LogP) is 1.60. The highest BCUT2D eigenvalue weighted by Gasteiger charge is 2.50. The van der Waals surface area contributed by atoms with Crippen molar-refractivity contribution in [2.45, 2.75) is 109 Å². The van der Waals surface area contributed by atoms with Gasteiger partial charge in [0.1, 0.15) is 18.3 Å². The number of aliphatic hydroxyl groups excluding tert-OH is 4. The molecule has 2 saturated heterocycles. The van der Waals surface area contributed by atoms with Crippen molar-refractivity contribution in [3.8, 4) is 0 Å². The first-order valence-electron chi connectivity index (χ1n) is 11.9. The highest BCUT2D eigenvalue weighted by atomic mass is 32.1. The van der Waals surface area contributed by atoms with Gasteiger partial charge in [0.05, 0.1) is 30.5 Å². The summed E-state index contributed by atoms with van der Waals surface area (Å²) in [5, 5.41) is 42.5. The molecule has 0 spiro atoms. The van der Waals surface area contributed by atoms with Crippen LogP contribution in [0.15, 0.2) is 0 Å². The van der Waals surface area contributed by atoms with E-state index < -0.39 is 61.0 Å². The van der Waals surface area contributed by atoms with Gasteiger partial charge in [-0.1, -0.05) is 34.6 Å². The zero-order valence-electron chi connectivity index (χ0n) is 19.4. The molecule has 182 valence electrons. The Morgan fingerprint density at radius 2 is 1.48 bits per heavy atom. The molecule has 12 unspecified atom stereocenters. The van der Waals surface area contributed by atoms with E-state index in [0.29, 0.717) is 30.4 Å². The summed E-state index contributed by atoms with van der Waals surface area (Å²) in [6.07, 6.45) is -3.94. The lowest BCUT2D eigenvalue weighted by atomic mass is 9.66. The Kier molecular flexibility index (Phi) is 8.75. The fourth-order valence-corrected chi connectivity index (χ4v) is 6.05. The maximum Gasteiger partial charge on any atom is 0.163 e. The van der Waals surface area contributed by atoms with E-state index in [4.69, 9.17) is 14.2 Å². The van der Waals surface area contributed by atoms with Crippen LogP contribution in [-0.2, 0) is 14.2 Å². The van der Waals surface area contributed by atoms with Crippen LogP contribution >= 0.6 is 12.6 Å². The van der Waals surface area contributed by atoms with Gasteiger partial charge in [0.2, 0.25) is 0 Å². The number of aliphatic hydroxyl groups is 4. The molecule has 2 heterocycles. The maximum absolute atomic E-state index is 11.1. The molecular weight excluding hydrogens is 420 g/mol. The Balaban J connectivity index is 1.70. The van der Waals surface area contributed by atoms with Crippen molar-refractivity contribution in [2.24, 2.45) is 29.6 Å². The Morgan fingerprint density at radius 3 is 2.10 bits per heavy atom. The summed E-state index contributed by atoms with van der Waals surface area (Å²) in [6, 6.07) is 0. The molecule has 31 heavy (non-hydrogen) atoms. The van der Waals surface area contributed by atoms with Crippen LogP contribution < -0.4 is 0 Å². The van der Waals surface area contributed by atoms with Crippen molar-refractivity contribution in [1.82, 2.24) is 0 Å². The molecule has 0 amide bonds. The van der Waals surface area contributed by atoms with Crippen molar-refractivity contribution >= 4 is 12.6 Å². The van der Waals surface area contributed by atoms with Crippen LogP contribution in [0.25, 0.3) is 0 Å². The number of rotatable bonds is 6. The lowest BCUT2D eigenvalue weighted by molar-refractivity contribution is -0.296. The molecule has 0 aromatic rings. The van der Waals surface area contributed by atoms with Gasteiger partial charge in [0.15, 0.2) is 6.29 Å². The molecule has 3 aliphatic rings. The van der Waals surface area contributed by atoms with Gasteiger partial charge in [-0.3, -0.25) is 0 Å². The number of hydrogen-bond acceptors (Lipinski definition) is 8. The molecule has 0 bridgehead atoms. The molecule has 1 aliphatic carbocycles. The van der Waals surface area contributed by atoms with Crippen molar-refractivity contribution in [3.63, 3.8) is 0 Å². The molecular formula is C23H42O7S. The molecule has 0 aromatic carbocycles. The van der Waals surface area contributed by atoms with Crippen molar-refractivity contribution in [1.29, 1.82) is 0 Å². The first kappa shape index (κ1) is 25.7. The quantitative estimate of drug-likeness (QED) is 0.382. The van der Waals surface area contributed by atoms with E-state index in [2.05, 4.69) is 33.4 Å². The normalized spacial score (nSPS) is 53.6. The van der Waals surface area contributed by atoms with E-state index >= 15 is 0 Å². The van der Waals surface area contributed by atoms with Crippen LogP contribution in [-0.4, -0.2) is 81.3 Å². The fourth-order valence-electron chi connectivity index (χ4n) is 5.76. The van der Waals surface area contributed by atoms with Crippen molar-refractivity contribution in [2.75, 3.05) is 5.75 Å². The largest absolute Gasteiger partial charge is 0.393 e. The van der Waals surface area contributed by atoms with Gasteiger partial charge in [-0.25, -0.2) is 0 Å². The minimum absolute atomic E-state index is 0.0454. The Hall–Kier alpha value is 0.0700. The topological polar surface area (TPSA) is 109 Å². The van der Waals surface area contributed by atoms with Gasteiger partial charge >= 0.3 is 0 Å². The summed E-state index contributed by atoms with van der Waals surface area (Å²) in [5.41, 5.74) is 0. The van der Waals surface area contributed by atoms with Gasteiger partial charge in [-0.2, -0.15) is 12.6 Å². The highest BCUT2D eigenvalue weighted by molar-refractivity contribution is 7.80. The zero-order chi connectivity index (χ0) is 23.0. The standard InChI is InChI=1S/C23H42O7S/c1-6-15-20(26)19(25)13(5)23(29-15)30-22-17(9-31)28-16(21(22)27)8-14-12(4)10(2)7-11(3)18(14)24/h10-27,31H,6-9H2,1-5H3/t10?,11?,12?,13?,14?,15?,16-,17+,18?,19?,20?,21?,22?,23?/m0/s1. The minimum Gasteiger partial charge on any atom is -0.393 e. The number of ether oxygens (including phenoxy) is 3. The van der Waals surface area contributed by atoms with Crippen LogP contribution in [0.5, 0.6) is 0 Å². The van der Waals surface area contributed by atoms with Crippen LogP contribution in [0.3, 0.4) is 0 Å². The van der Waals surface area contributed by atoms with Gasteiger partial charge in [-0.15, -0.1) is 0 Å².